The van der Waals surface area contributed by atoms with Gasteiger partial charge >= 0.3 is 0 Å². The van der Waals surface area contributed by atoms with Crippen LogP contribution in [-0.2, 0) is 11.8 Å². The van der Waals surface area contributed by atoms with Crippen LogP contribution in [-0.4, -0.2) is 62.9 Å². The Morgan fingerprint density at radius 2 is 2.24 bits per heavy atom. The average molecular weight is 344 g/mol. The first kappa shape index (κ1) is 17.5. The largest absolute Gasteiger partial charge is 0.373 e. The third kappa shape index (κ3) is 3.85. The molecule has 3 rings (SSSR count). The van der Waals surface area contributed by atoms with Crippen molar-refractivity contribution in [2.75, 3.05) is 26.2 Å². The van der Waals surface area contributed by atoms with Crippen molar-refractivity contribution in [3.8, 4) is 0 Å². The summed E-state index contributed by atoms with van der Waals surface area (Å²) in [4.78, 5) is 19.1. The number of nitrogens with one attached hydrogen (secondary N) is 1. The molecule has 1 aliphatic heterocycles. The maximum atomic E-state index is 12.3. The van der Waals surface area contributed by atoms with Gasteiger partial charge in [-0.25, -0.2) is 4.98 Å². The highest BCUT2D eigenvalue weighted by molar-refractivity contribution is 5.92. The molecule has 1 fully saturated rings. The van der Waals surface area contributed by atoms with E-state index in [1.165, 1.54) is 0 Å². The van der Waals surface area contributed by atoms with Crippen LogP contribution >= 0.6 is 0 Å². The number of hydrogen-bond donors (Lipinski definition) is 1. The highest BCUT2D eigenvalue weighted by Gasteiger charge is 2.35. The van der Waals surface area contributed by atoms with Gasteiger partial charge in [-0.15, -0.1) is 5.10 Å². The molecule has 0 aromatic carbocycles. The number of likely N-dealkylation sites (N-methyl/N-ethyl adjacent to an activating group) is 1. The third-order valence-electron chi connectivity index (χ3n) is 4.48. The number of ether oxygens (including phenoxy) is 1. The second kappa shape index (κ2) is 7.71. The van der Waals surface area contributed by atoms with Crippen LogP contribution in [0.5, 0.6) is 0 Å². The Kier molecular flexibility index (Phi) is 5.40. The molecule has 0 unspecified atom stereocenters. The zero-order valence-electron chi connectivity index (χ0n) is 14.8. The number of carbonyl (C=O) groups is 1. The van der Waals surface area contributed by atoms with Gasteiger partial charge in [-0.1, -0.05) is 6.92 Å². The minimum atomic E-state index is -0.247. The van der Waals surface area contributed by atoms with Gasteiger partial charge in [0, 0.05) is 32.5 Å². The molecule has 0 bridgehead atoms. The van der Waals surface area contributed by atoms with Gasteiger partial charge in [0.1, 0.15) is 5.82 Å². The van der Waals surface area contributed by atoms with Crippen LogP contribution in [0.2, 0.25) is 0 Å². The summed E-state index contributed by atoms with van der Waals surface area (Å²) in [5.74, 6) is 0.694. The fraction of sp³-hybridized carbons (Fsp3) is 0.529. The van der Waals surface area contributed by atoms with E-state index < -0.39 is 0 Å². The highest BCUT2D eigenvalue weighted by Crippen LogP contribution is 2.27. The van der Waals surface area contributed by atoms with Crippen LogP contribution in [0.4, 0.5) is 0 Å². The number of carbonyl (C=O) groups excluding carboxylic acids is 1. The van der Waals surface area contributed by atoms with Crippen molar-refractivity contribution in [2.24, 2.45) is 7.05 Å². The number of aromatic nitrogens is 4. The Bertz CT molecular complexity index is 714. The van der Waals surface area contributed by atoms with Crippen LogP contribution in [0.1, 0.15) is 35.0 Å². The number of amides is 1. The number of rotatable bonds is 5. The number of imidazole rings is 1. The van der Waals surface area contributed by atoms with Crippen LogP contribution < -0.4 is 5.32 Å². The average Bonchev–Trinajstić information content (AvgIpc) is 3.05. The first-order valence-corrected chi connectivity index (χ1v) is 8.51. The second-order valence-electron chi connectivity index (χ2n) is 6.15. The molecule has 1 N–H and O–H groups in total. The highest BCUT2D eigenvalue weighted by atomic mass is 16.5. The van der Waals surface area contributed by atoms with E-state index in [9.17, 15) is 4.79 Å². The molecule has 134 valence electrons. The molecule has 8 nitrogen and oxygen atoms in total. The van der Waals surface area contributed by atoms with Crippen LogP contribution in [0.15, 0.2) is 24.5 Å². The Labute approximate surface area is 147 Å². The van der Waals surface area contributed by atoms with Crippen LogP contribution in [0, 0.1) is 6.92 Å². The lowest BCUT2D eigenvalue weighted by Gasteiger charge is -2.40. The molecule has 0 saturated carbocycles. The van der Waals surface area contributed by atoms with Gasteiger partial charge in [0.25, 0.3) is 5.91 Å². The SMILES string of the molecule is CCN1CCO[C@@H](CNC(=O)c2ccc(C)nn2)[C@@H]1c1nccn1C. The molecule has 1 saturated heterocycles. The molecule has 3 heterocycles. The van der Waals surface area contributed by atoms with E-state index in [1.807, 2.05) is 24.7 Å². The van der Waals surface area contributed by atoms with Gasteiger partial charge in [0.05, 0.1) is 24.4 Å². The zero-order valence-corrected chi connectivity index (χ0v) is 14.8. The van der Waals surface area contributed by atoms with Crippen molar-refractivity contribution in [3.05, 3.63) is 41.7 Å². The molecular weight excluding hydrogens is 320 g/mol. The number of morpholine rings is 1. The van der Waals surface area contributed by atoms with Crippen molar-refractivity contribution in [3.63, 3.8) is 0 Å². The smallest absolute Gasteiger partial charge is 0.271 e. The van der Waals surface area contributed by atoms with Gasteiger partial charge in [-0.2, -0.15) is 5.10 Å². The molecule has 1 amide bonds. The Morgan fingerprint density at radius 3 is 2.88 bits per heavy atom. The van der Waals surface area contributed by atoms with Gasteiger partial charge < -0.3 is 14.6 Å². The predicted molar refractivity (Wildman–Crippen MR) is 92.0 cm³/mol. The van der Waals surface area contributed by atoms with Crippen molar-refractivity contribution in [2.45, 2.75) is 26.0 Å². The molecule has 8 heteroatoms. The van der Waals surface area contributed by atoms with Crippen LogP contribution in [0.25, 0.3) is 0 Å². The molecular formula is C17H24N6O2. The summed E-state index contributed by atoms with van der Waals surface area (Å²) >= 11 is 0. The Hall–Kier alpha value is -2.32. The van der Waals surface area contributed by atoms with E-state index >= 15 is 0 Å². The lowest BCUT2D eigenvalue weighted by Crippen LogP contribution is -2.50. The zero-order chi connectivity index (χ0) is 17.8. The summed E-state index contributed by atoms with van der Waals surface area (Å²) in [6.07, 6.45) is 3.54. The van der Waals surface area contributed by atoms with Gasteiger partial charge in [0.2, 0.25) is 0 Å². The molecule has 0 radical (unpaired) electrons. The maximum Gasteiger partial charge on any atom is 0.271 e. The predicted octanol–water partition coefficient (Wildman–Crippen LogP) is 0.710. The molecule has 2 atom stereocenters. The maximum absolute atomic E-state index is 12.3. The molecule has 2 aromatic rings. The topological polar surface area (TPSA) is 85.2 Å². The van der Waals surface area contributed by atoms with E-state index in [0.717, 1.165) is 24.6 Å². The summed E-state index contributed by atoms with van der Waals surface area (Å²) < 4.78 is 7.96. The first-order chi connectivity index (χ1) is 12.1. The Balaban J connectivity index is 1.71. The normalized spacial score (nSPS) is 21.2. The van der Waals surface area contributed by atoms with Crippen molar-refractivity contribution >= 4 is 5.91 Å². The molecule has 0 aliphatic carbocycles. The van der Waals surface area contributed by atoms with E-state index in [1.54, 1.807) is 18.3 Å². The lowest BCUT2D eigenvalue weighted by molar-refractivity contribution is -0.0720. The molecule has 2 aromatic heterocycles. The van der Waals surface area contributed by atoms with Crippen molar-refractivity contribution < 1.29 is 9.53 Å². The standard InChI is InChI=1S/C17H24N6O2/c1-4-23-9-10-25-14(15(23)16-18-7-8-22(16)3)11-19-17(24)13-6-5-12(2)20-21-13/h5-8,14-15H,4,9-11H2,1-3H3,(H,19,24)/t14-,15+/m0/s1. The second-order valence-corrected chi connectivity index (χ2v) is 6.15. The summed E-state index contributed by atoms with van der Waals surface area (Å²) in [6, 6.07) is 3.45. The summed E-state index contributed by atoms with van der Waals surface area (Å²) in [5.41, 5.74) is 1.09. The fourth-order valence-electron chi connectivity index (χ4n) is 3.11. The molecule has 1 aliphatic rings. The minimum Gasteiger partial charge on any atom is -0.373 e. The van der Waals surface area contributed by atoms with Crippen LogP contribution in [0.3, 0.4) is 0 Å². The van der Waals surface area contributed by atoms with E-state index in [4.69, 9.17) is 4.74 Å². The fourth-order valence-corrected chi connectivity index (χ4v) is 3.11. The lowest BCUT2D eigenvalue weighted by atomic mass is 10.1. The number of nitrogens with zero attached hydrogens (tertiary/aromatic N) is 5. The van der Waals surface area contributed by atoms with Gasteiger partial charge in [-0.05, 0) is 25.6 Å². The van der Waals surface area contributed by atoms with Crippen molar-refractivity contribution in [1.82, 2.24) is 30.0 Å². The molecule has 0 spiro atoms. The monoisotopic (exact) mass is 344 g/mol. The minimum absolute atomic E-state index is 0.00292. The summed E-state index contributed by atoms with van der Waals surface area (Å²) in [7, 11) is 1.97. The van der Waals surface area contributed by atoms with E-state index in [2.05, 4.69) is 32.3 Å². The van der Waals surface area contributed by atoms with E-state index in [-0.39, 0.29) is 18.1 Å². The van der Waals surface area contributed by atoms with Crippen molar-refractivity contribution in [1.29, 1.82) is 0 Å². The summed E-state index contributed by atoms with van der Waals surface area (Å²) in [5, 5.41) is 10.8. The Morgan fingerprint density at radius 1 is 1.40 bits per heavy atom. The third-order valence-corrected chi connectivity index (χ3v) is 4.48. The van der Waals surface area contributed by atoms with Gasteiger partial charge in [0.15, 0.2) is 5.69 Å². The van der Waals surface area contributed by atoms with Gasteiger partial charge in [-0.3, -0.25) is 9.69 Å². The molecule has 25 heavy (non-hydrogen) atoms. The number of aryl methyl sites for hydroxylation is 2. The quantitative estimate of drug-likeness (QED) is 0.860. The first-order valence-electron chi connectivity index (χ1n) is 8.51. The number of hydrogen-bond acceptors (Lipinski definition) is 6. The summed E-state index contributed by atoms with van der Waals surface area (Å²) in [6.45, 7) is 6.73. The van der Waals surface area contributed by atoms with E-state index in [0.29, 0.717) is 18.8 Å².